The van der Waals surface area contributed by atoms with Gasteiger partial charge in [-0.2, -0.15) is 0 Å². The van der Waals surface area contributed by atoms with Crippen molar-refractivity contribution in [2.24, 2.45) is 4.99 Å². The molecule has 2 saturated heterocycles. The molecule has 8 heteroatoms. The highest BCUT2D eigenvalue weighted by Crippen LogP contribution is 2.11. The lowest BCUT2D eigenvalue weighted by molar-refractivity contribution is 0.169. The van der Waals surface area contributed by atoms with Crippen LogP contribution in [-0.2, 0) is 19.6 Å². The van der Waals surface area contributed by atoms with Gasteiger partial charge in [0.2, 0.25) is 0 Å². The Balaban J connectivity index is 1.21. The molecule has 0 spiro atoms. The van der Waals surface area contributed by atoms with Gasteiger partial charge in [-0.25, -0.2) is 0 Å². The minimum Gasteiger partial charge on any atom is -0.364 e. The molecule has 174 valence electrons. The van der Waals surface area contributed by atoms with Crippen LogP contribution in [0.2, 0.25) is 0 Å². The summed E-state index contributed by atoms with van der Waals surface area (Å²) >= 11 is 0. The number of guanidine groups is 1. The second-order valence-corrected chi connectivity index (χ2v) is 8.90. The van der Waals surface area contributed by atoms with Crippen molar-refractivity contribution in [2.45, 2.75) is 26.1 Å². The number of benzene rings is 1. The van der Waals surface area contributed by atoms with Crippen molar-refractivity contribution in [3.63, 3.8) is 0 Å². The number of piperazine rings is 1. The summed E-state index contributed by atoms with van der Waals surface area (Å²) in [4.78, 5) is 14.3. The molecule has 1 N–H and O–H groups in total. The fourth-order valence-electron chi connectivity index (χ4n) is 4.46. The summed E-state index contributed by atoms with van der Waals surface area (Å²) < 4.78 is 4.94. The number of nitrogens with one attached hydrogen (secondary N) is 1. The Kier molecular flexibility index (Phi) is 8.14. The number of nitrogens with zero attached hydrogens (tertiary/aromatic N) is 6. The van der Waals surface area contributed by atoms with Crippen LogP contribution in [0, 0.1) is 0 Å². The third-order valence-corrected chi connectivity index (χ3v) is 6.45. The molecule has 2 fully saturated rings. The Morgan fingerprint density at radius 3 is 2.34 bits per heavy atom. The average Bonchev–Trinajstić information content (AvgIpc) is 3.24. The third-order valence-electron chi connectivity index (χ3n) is 6.45. The number of hydrogen-bond donors (Lipinski definition) is 1. The van der Waals surface area contributed by atoms with Gasteiger partial charge in [0.15, 0.2) is 5.96 Å². The van der Waals surface area contributed by atoms with E-state index in [0.29, 0.717) is 0 Å². The molecule has 2 aliphatic rings. The van der Waals surface area contributed by atoms with Crippen LogP contribution in [0.1, 0.15) is 23.2 Å². The van der Waals surface area contributed by atoms with E-state index >= 15 is 0 Å². The molecule has 1 aromatic heterocycles. The predicted molar refractivity (Wildman–Crippen MR) is 127 cm³/mol. The summed E-state index contributed by atoms with van der Waals surface area (Å²) in [5.74, 6) is 0.976. The fourth-order valence-corrected chi connectivity index (χ4v) is 4.46. The molecule has 0 aliphatic carbocycles. The van der Waals surface area contributed by atoms with Crippen LogP contribution in [0.3, 0.4) is 0 Å². The highest BCUT2D eigenvalue weighted by atomic mass is 16.5. The standard InChI is InChI=1S/C24H37N7O/c1-25-24(31-15-13-30(14-16-31)20-23-8-17-32-27-23)26-18-21-4-6-22(7-5-21)19-29-10-3-9-28(2)11-12-29/h4-8,17H,3,9-16,18-20H2,1-2H3,(H,25,26). The van der Waals surface area contributed by atoms with Gasteiger partial charge >= 0.3 is 0 Å². The van der Waals surface area contributed by atoms with Crippen molar-refractivity contribution in [3.8, 4) is 0 Å². The molecule has 0 amide bonds. The maximum atomic E-state index is 4.94. The fraction of sp³-hybridized carbons (Fsp3) is 0.583. The lowest BCUT2D eigenvalue weighted by Crippen LogP contribution is -2.52. The second-order valence-electron chi connectivity index (χ2n) is 8.90. The number of aliphatic imine (C=N–C) groups is 1. The number of aromatic nitrogens is 1. The van der Waals surface area contributed by atoms with Gasteiger partial charge in [-0.1, -0.05) is 29.4 Å². The topological polar surface area (TPSA) is 63.4 Å². The van der Waals surface area contributed by atoms with Gasteiger partial charge in [0, 0.05) is 72.0 Å². The molecule has 4 rings (SSSR count). The van der Waals surface area contributed by atoms with Crippen LogP contribution in [-0.4, -0.2) is 97.2 Å². The molecule has 32 heavy (non-hydrogen) atoms. The van der Waals surface area contributed by atoms with Crippen LogP contribution < -0.4 is 5.32 Å². The Hall–Kier alpha value is -2.42. The van der Waals surface area contributed by atoms with Crippen molar-refractivity contribution in [1.29, 1.82) is 0 Å². The van der Waals surface area contributed by atoms with Gasteiger partial charge in [0.25, 0.3) is 0 Å². The zero-order chi connectivity index (χ0) is 22.2. The SMILES string of the molecule is CN=C(NCc1ccc(CN2CCCN(C)CC2)cc1)N1CCN(Cc2ccon2)CC1. The highest BCUT2D eigenvalue weighted by molar-refractivity contribution is 5.80. The molecule has 0 radical (unpaired) electrons. The van der Waals surface area contributed by atoms with E-state index in [4.69, 9.17) is 4.52 Å². The Bertz CT molecular complexity index is 829. The van der Waals surface area contributed by atoms with E-state index in [1.807, 2.05) is 13.1 Å². The average molecular weight is 440 g/mol. The summed E-state index contributed by atoms with van der Waals surface area (Å²) in [6, 6.07) is 11.0. The Labute approximate surface area is 191 Å². The summed E-state index contributed by atoms with van der Waals surface area (Å²) in [6.45, 7) is 11.3. The predicted octanol–water partition coefficient (Wildman–Crippen LogP) is 1.71. The molecular formula is C24H37N7O. The number of likely N-dealkylation sites (N-methyl/N-ethyl adjacent to an activating group) is 1. The molecule has 8 nitrogen and oxygen atoms in total. The van der Waals surface area contributed by atoms with E-state index in [2.05, 4.69) is 66.4 Å². The summed E-state index contributed by atoms with van der Waals surface area (Å²) in [5, 5.41) is 7.56. The van der Waals surface area contributed by atoms with Crippen molar-refractivity contribution in [1.82, 2.24) is 30.1 Å². The lowest BCUT2D eigenvalue weighted by atomic mass is 10.1. The van der Waals surface area contributed by atoms with Crippen LogP contribution in [0.4, 0.5) is 0 Å². The van der Waals surface area contributed by atoms with E-state index in [-0.39, 0.29) is 0 Å². The van der Waals surface area contributed by atoms with Crippen LogP contribution in [0.5, 0.6) is 0 Å². The molecule has 3 heterocycles. The minimum absolute atomic E-state index is 0.792. The molecule has 0 bridgehead atoms. The Morgan fingerprint density at radius 1 is 0.906 bits per heavy atom. The van der Waals surface area contributed by atoms with Crippen LogP contribution >= 0.6 is 0 Å². The summed E-state index contributed by atoms with van der Waals surface area (Å²) in [6.07, 6.45) is 2.89. The minimum atomic E-state index is 0.792. The van der Waals surface area contributed by atoms with Crippen molar-refractivity contribution < 1.29 is 4.52 Å². The van der Waals surface area contributed by atoms with Gasteiger partial charge in [0.05, 0.1) is 5.69 Å². The van der Waals surface area contributed by atoms with Gasteiger partial charge in [-0.15, -0.1) is 0 Å². The normalized spacial score (nSPS) is 19.8. The molecule has 2 aromatic rings. The van der Waals surface area contributed by atoms with E-state index < -0.39 is 0 Å². The maximum Gasteiger partial charge on any atom is 0.194 e. The van der Waals surface area contributed by atoms with Gasteiger partial charge < -0.3 is 19.6 Å². The number of hydrogen-bond acceptors (Lipinski definition) is 6. The first kappa shape index (κ1) is 22.8. The zero-order valence-electron chi connectivity index (χ0n) is 19.5. The monoisotopic (exact) mass is 439 g/mol. The van der Waals surface area contributed by atoms with Crippen molar-refractivity contribution in [2.75, 3.05) is 66.5 Å². The smallest absolute Gasteiger partial charge is 0.194 e. The van der Waals surface area contributed by atoms with Crippen LogP contribution in [0.25, 0.3) is 0 Å². The first-order valence-electron chi connectivity index (χ1n) is 11.8. The quantitative estimate of drug-likeness (QED) is 0.543. The van der Waals surface area contributed by atoms with Gasteiger partial charge in [-0.3, -0.25) is 14.8 Å². The van der Waals surface area contributed by atoms with E-state index in [0.717, 1.165) is 70.6 Å². The highest BCUT2D eigenvalue weighted by Gasteiger charge is 2.20. The third kappa shape index (κ3) is 6.54. The molecule has 0 atom stereocenters. The second kappa shape index (κ2) is 11.4. The molecule has 0 unspecified atom stereocenters. The first-order chi connectivity index (χ1) is 15.7. The maximum absolute atomic E-state index is 4.94. The molecule has 2 aliphatic heterocycles. The number of rotatable bonds is 6. The van der Waals surface area contributed by atoms with E-state index in [1.165, 1.54) is 30.6 Å². The van der Waals surface area contributed by atoms with E-state index in [1.54, 1.807) is 6.26 Å². The van der Waals surface area contributed by atoms with Gasteiger partial charge in [0.1, 0.15) is 6.26 Å². The first-order valence-corrected chi connectivity index (χ1v) is 11.8. The molecule has 0 saturated carbocycles. The lowest BCUT2D eigenvalue weighted by Gasteiger charge is -2.36. The molecular weight excluding hydrogens is 402 g/mol. The van der Waals surface area contributed by atoms with Gasteiger partial charge in [-0.05, 0) is 37.7 Å². The Morgan fingerprint density at radius 2 is 1.62 bits per heavy atom. The largest absolute Gasteiger partial charge is 0.364 e. The zero-order valence-corrected chi connectivity index (χ0v) is 19.5. The molecule has 1 aromatic carbocycles. The summed E-state index contributed by atoms with van der Waals surface area (Å²) in [5.41, 5.74) is 3.67. The van der Waals surface area contributed by atoms with Crippen molar-refractivity contribution in [3.05, 3.63) is 53.4 Å². The summed E-state index contributed by atoms with van der Waals surface area (Å²) in [7, 11) is 4.09. The van der Waals surface area contributed by atoms with E-state index in [9.17, 15) is 0 Å². The van der Waals surface area contributed by atoms with Crippen molar-refractivity contribution >= 4 is 5.96 Å². The van der Waals surface area contributed by atoms with Crippen LogP contribution in [0.15, 0.2) is 46.1 Å².